The van der Waals surface area contributed by atoms with Crippen molar-refractivity contribution >= 4 is 50.1 Å². The van der Waals surface area contributed by atoms with Crippen LogP contribution in [0.5, 0.6) is 0 Å². The van der Waals surface area contributed by atoms with Gasteiger partial charge in [-0.3, -0.25) is 4.79 Å². The fourth-order valence-electron chi connectivity index (χ4n) is 2.03. The van der Waals surface area contributed by atoms with Gasteiger partial charge < -0.3 is 4.90 Å². The SMILES string of the molecule is CS(=O)(=O)N1CCN(C(=O)c2ccc(I)c(Cl)c2)CC1. The van der Waals surface area contributed by atoms with E-state index in [1.165, 1.54) is 10.6 Å². The molecule has 0 N–H and O–H groups in total. The topological polar surface area (TPSA) is 57.7 Å². The zero-order valence-electron chi connectivity index (χ0n) is 10.8. The van der Waals surface area contributed by atoms with Gasteiger partial charge in [-0.25, -0.2) is 8.42 Å². The normalized spacial score (nSPS) is 17.2. The summed E-state index contributed by atoms with van der Waals surface area (Å²) in [6, 6.07) is 5.18. The van der Waals surface area contributed by atoms with Gasteiger partial charge in [-0.2, -0.15) is 4.31 Å². The summed E-state index contributed by atoms with van der Waals surface area (Å²) >= 11 is 8.11. The van der Waals surface area contributed by atoms with E-state index in [9.17, 15) is 13.2 Å². The van der Waals surface area contributed by atoms with Crippen LogP contribution in [0.2, 0.25) is 5.02 Å². The Morgan fingerprint density at radius 2 is 1.85 bits per heavy atom. The highest BCUT2D eigenvalue weighted by Gasteiger charge is 2.26. The lowest BCUT2D eigenvalue weighted by Gasteiger charge is -2.33. The summed E-state index contributed by atoms with van der Waals surface area (Å²) in [5.41, 5.74) is 0.531. The number of sulfonamides is 1. The van der Waals surface area contributed by atoms with E-state index in [2.05, 4.69) is 22.6 Å². The summed E-state index contributed by atoms with van der Waals surface area (Å²) in [4.78, 5) is 14.0. The number of halogens is 2. The summed E-state index contributed by atoms with van der Waals surface area (Å²) in [7, 11) is -3.18. The minimum atomic E-state index is -3.18. The molecule has 0 saturated carbocycles. The largest absolute Gasteiger partial charge is 0.336 e. The number of rotatable bonds is 2. The van der Waals surface area contributed by atoms with Gasteiger partial charge in [0.15, 0.2) is 0 Å². The van der Waals surface area contributed by atoms with E-state index in [0.717, 1.165) is 3.57 Å². The van der Waals surface area contributed by atoms with Crippen LogP contribution in [0.3, 0.4) is 0 Å². The minimum absolute atomic E-state index is 0.114. The number of hydrogen-bond acceptors (Lipinski definition) is 3. The Balaban J connectivity index is 2.07. The molecule has 110 valence electrons. The zero-order chi connectivity index (χ0) is 14.9. The molecule has 1 fully saturated rings. The van der Waals surface area contributed by atoms with Gasteiger partial charge in [0.1, 0.15) is 0 Å². The lowest BCUT2D eigenvalue weighted by molar-refractivity contribution is 0.0698. The Morgan fingerprint density at radius 1 is 1.25 bits per heavy atom. The highest BCUT2D eigenvalue weighted by atomic mass is 127. The van der Waals surface area contributed by atoms with Crippen LogP contribution in [-0.4, -0.2) is 56.0 Å². The van der Waals surface area contributed by atoms with Crippen molar-refractivity contribution in [3.05, 3.63) is 32.4 Å². The molecular weight excluding hydrogens is 415 g/mol. The van der Waals surface area contributed by atoms with Crippen molar-refractivity contribution in [2.45, 2.75) is 0 Å². The maximum atomic E-state index is 12.3. The summed E-state index contributed by atoms with van der Waals surface area (Å²) in [6.45, 7) is 1.47. The van der Waals surface area contributed by atoms with Crippen molar-refractivity contribution in [1.29, 1.82) is 0 Å². The Labute approximate surface area is 137 Å². The lowest BCUT2D eigenvalue weighted by atomic mass is 10.2. The van der Waals surface area contributed by atoms with Crippen molar-refractivity contribution in [3.8, 4) is 0 Å². The van der Waals surface area contributed by atoms with Gasteiger partial charge in [-0.05, 0) is 40.8 Å². The quantitative estimate of drug-likeness (QED) is 0.673. The molecule has 0 spiro atoms. The molecule has 1 aromatic carbocycles. The van der Waals surface area contributed by atoms with E-state index < -0.39 is 10.0 Å². The fourth-order valence-corrected chi connectivity index (χ4v) is 3.38. The number of hydrogen-bond donors (Lipinski definition) is 0. The van der Waals surface area contributed by atoms with Crippen LogP contribution >= 0.6 is 34.2 Å². The van der Waals surface area contributed by atoms with Crippen molar-refractivity contribution < 1.29 is 13.2 Å². The molecule has 1 aliphatic rings. The first-order chi connectivity index (χ1) is 9.29. The highest BCUT2D eigenvalue weighted by molar-refractivity contribution is 14.1. The van der Waals surface area contributed by atoms with Crippen LogP contribution in [-0.2, 0) is 10.0 Å². The fraction of sp³-hybridized carbons (Fsp3) is 0.417. The molecular formula is C12H14ClIN2O3S. The molecule has 1 amide bonds. The molecule has 0 aliphatic carbocycles. The van der Waals surface area contributed by atoms with E-state index in [-0.39, 0.29) is 5.91 Å². The second-order valence-electron chi connectivity index (χ2n) is 4.58. The van der Waals surface area contributed by atoms with Crippen molar-refractivity contribution in [3.63, 3.8) is 0 Å². The molecule has 1 saturated heterocycles. The molecule has 0 aromatic heterocycles. The van der Waals surface area contributed by atoms with Gasteiger partial charge >= 0.3 is 0 Å². The standard InChI is InChI=1S/C12H14ClIN2O3S/c1-20(18,19)16-6-4-15(5-7-16)12(17)9-2-3-11(14)10(13)8-9/h2-3,8H,4-7H2,1H3. The summed E-state index contributed by atoms with van der Waals surface area (Å²) in [5.74, 6) is -0.114. The van der Waals surface area contributed by atoms with Crippen LogP contribution < -0.4 is 0 Å². The zero-order valence-corrected chi connectivity index (χ0v) is 14.6. The van der Waals surface area contributed by atoms with Gasteiger partial charge in [-0.15, -0.1) is 0 Å². The van der Waals surface area contributed by atoms with Crippen LogP contribution in [0, 0.1) is 3.57 Å². The van der Waals surface area contributed by atoms with E-state index in [1.54, 1.807) is 23.1 Å². The molecule has 1 heterocycles. The number of amides is 1. The third-order valence-electron chi connectivity index (χ3n) is 3.16. The van der Waals surface area contributed by atoms with Crippen LogP contribution in [0.15, 0.2) is 18.2 Å². The number of piperazine rings is 1. The van der Waals surface area contributed by atoms with Crippen LogP contribution in [0.4, 0.5) is 0 Å². The molecule has 2 rings (SSSR count). The molecule has 5 nitrogen and oxygen atoms in total. The Kier molecular flexibility index (Phi) is 4.93. The van der Waals surface area contributed by atoms with Gasteiger partial charge in [-0.1, -0.05) is 11.6 Å². The van der Waals surface area contributed by atoms with E-state index >= 15 is 0 Å². The van der Waals surface area contributed by atoms with E-state index in [1.807, 2.05) is 0 Å². The second-order valence-corrected chi connectivity index (χ2v) is 8.13. The van der Waals surface area contributed by atoms with E-state index in [4.69, 9.17) is 11.6 Å². The Morgan fingerprint density at radius 3 is 2.35 bits per heavy atom. The average molecular weight is 429 g/mol. The predicted molar refractivity (Wildman–Crippen MR) is 86.5 cm³/mol. The molecule has 1 aromatic rings. The molecule has 0 unspecified atom stereocenters. The molecule has 0 bridgehead atoms. The van der Waals surface area contributed by atoms with Crippen LogP contribution in [0.1, 0.15) is 10.4 Å². The lowest BCUT2D eigenvalue weighted by Crippen LogP contribution is -2.50. The summed E-state index contributed by atoms with van der Waals surface area (Å²) in [5, 5.41) is 0.547. The average Bonchev–Trinajstić information content (AvgIpc) is 2.40. The van der Waals surface area contributed by atoms with Crippen LogP contribution in [0.25, 0.3) is 0 Å². The predicted octanol–water partition coefficient (Wildman–Crippen LogP) is 1.66. The van der Waals surface area contributed by atoms with Crippen molar-refractivity contribution in [1.82, 2.24) is 9.21 Å². The van der Waals surface area contributed by atoms with Gasteiger partial charge in [0.25, 0.3) is 5.91 Å². The van der Waals surface area contributed by atoms with Crippen molar-refractivity contribution in [2.24, 2.45) is 0 Å². The molecule has 8 heteroatoms. The van der Waals surface area contributed by atoms with Gasteiger partial charge in [0.05, 0.1) is 11.3 Å². The number of benzene rings is 1. The third kappa shape index (κ3) is 3.63. The van der Waals surface area contributed by atoms with Crippen molar-refractivity contribution in [2.75, 3.05) is 32.4 Å². The maximum absolute atomic E-state index is 12.3. The minimum Gasteiger partial charge on any atom is -0.336 e. The molecule has 1 aliphatic heterocycles. The summed E-state index contributed by atoms with van der Waals surface area (Å²) < 4.78 is 25.1. The second kappa shape index (κ2) is 6.17. The maximum Gasteiger partial charge on any atom is 0.253 e. The van der Waals surface area contributed by atoms with Gasteiger partial charge in [0, 0.05) is 35.3 Å². The first kappa shape index (κ1) is 16.0. The summed E-state index contributed by atoms with van der Waals surface area (Å²) in [6.07, 6.45) is 1.18. The third-order valence-corrected chi connectivity index (χ3v) is 6.04. The molecule has 0 radical (unpaired) electrons. The molecule has 0 atom stereocenters. The Hall–Kier alpha value is -0.380. The van der Waals surface area contributed by atoms with Gasteiger partial charge in [0.2, 0.25) is 10.0 Å². The number of carbonyl (C=O) groups is 1. The smallest absolute Gasteiger partial charge is 0.253 e. The monoisotopic (exact) mass is 428 g/mol. The Bertz CT molecular complexity index is 628. The highest BCUT2D eigenvalue weighted by Crippen LogP contribution is 2.21. The first-order valence-corrected chi connectivity index (χ1v) is 9.29. The molecule has 20 heavy (non-hydrogen) atoms. The number of carbonyl (C=O) groups excluding carboxylic acids is 1. The number of nitrogens with zero attached hydrogens (tertiary/aromatic N) is 2. The van der Waals surface area contributed by atoms with E-state index in [0.29, 0.717) is 36.8 Å². The first-order valence-electron chi connectivity index (χ1n) is 5.98.